The maximum atomic E-state index is 9.79. The molecule has 1 aromatic heterocycles. The maximum absolute atomic E-state index is 9.79. The molecule has 0 aliphatic heterocycles. The molecule has 120 valence electrons. The van der Waals surface area contributed by atoms with Crippen LogP contribution in [0.4, 0.5) is 17.8 Å². The number of nitrogens with two attached hydrogens (primary N) is 1. The Kier molecular flexibility index (Phi) is 7.06. The molecule has 0 aromatic carbocycles. The van der Waals surface area contributed by atoms with Gasteiger partial charge in [-0.3, -0.25) is 5.43 Å². The van der Waals surface area contributed by atoms with Crippen molar-refractivity contribution in [3.8, 4) is 0 Å². The van der Waals surface area contributed by atoms with Gasteiger partial charge in [0.15, 0.2) is 0 Å². The standard InChI is InChI=1S/C12H25N7O2/c1-5-19(6-2)12-15-10(17-13)14-11(16-12)18(3)7-9(20)8-21-4/h9,20H,5-8,13H2,1-4H3,(H,14,15,16,17). The lowest BCUT2D eigenvalue weighted by molar-refractivity contribution is 0.0693. The average Bonchev–Trinajstić information content (AvgIpc) is 2.48. The molecule has 1 aromatic rings. The van der Waals surface area contributed by atoms with Crippen LogP contribution in [0.25, 0.3) is 0 Å². The van der Waals surface area contributed by atoms with Gasteiger partial charge in [-0.1, -0.05) is 0 Å². The van der Waals surface area contributed by atoms with Gasteiger partial charge in [0.25, 0.3) is 0 Å². The largest absolute Gasteiger partial charge is 0.389 e. The molecule has 0 saturated heterocycles. The van der Waals surface area contributed by atoms with Crippen molar-refractivity contribution in [2.75, 3.05) is 55.6 Å². The van der Waals surface area contributed by atoms with Gasteiger partial charge in [-0.15, -0.1) is 0 Å². The number of nitrogens with zero attached hydrogens (tertiary/aromatic N) is 5. The summed E-state index contributed by atoms with van der Waals surface area (Å²) in [7, 11) is 3.33. The summed E-state index contributed by atoms with van der Waals surface area (Å²) in [4.78, 5) is 16.6. The Morgan fingerprint density at radius 1 is 1.24 bits per heavy atom. The fraction of sp³-hybridized carbons (Fsp3) is 0.750. The summed E-state index contributed by atoms with van der Waals surface area (Å²) in [5.74, 6) is 6.68. The molecule has 0 spiro atoms. The number of ether oxygens (including phenoxy) is 1. The number of aliphatic hydroxyl groups excluding tert-OH is 1. The number of anilines is 3. The van der Waals surface area contributed by atoms with Crippen LogP contribution in [-0.4, -0.2) is 66.6 Å². The summed E-state index contributed by atoms with van der Waals surface area (Å²) in [6, 6.07) is 0. The lowest BCUT2D eigenvalue weighted by atomic mass is 10.3. The van der Waals surface area contributed by atoms with Crippen LogP contribution in [0, 0.1) is 0 Å². The lowest BCUT2D eigenvalue weighted by Crippen LogP contribution is -2.34. The number of aromatic nitrogens is 3. The Balaban J connectivity index is 2.97. The van der Waals surface area contributed by atoms with Crippen molar-refractivity contribution in [3.05, 3.63) is 0 Å². The highest BCUT2D eigenvalue weighted by Gasteiger charge is 2.15. The second kappa shape index (κ2) is 8.55. The van der Waals surface area contributed by atoms with Gasteiger partial charge in [-0.05, 0) is 13.8 Å². The van der Waals surface area contributed by atoms with E-state index in [4.69, 9.17) is 10.6 Å². The molecule has 0 radical (unpaired) electrons. The van der Waals surface area contributed by atoms with Crippen LogP contribution in [0.5, 0.6) is 0 Å². The molecule has 0 aliphatic carbocycles. The minimum Gasteiger partial charge on any atom is -0.389 e. The second-order valence-electron chi connectivity index (χ2n) is 4.57. The maximum Gasteiger partial charge on any atom is 0.243 e. The van der Waals surface area contributed by atoms with Gasteiger partial charge in [0, 0.05) is 33.8 Å². The fourth-order valence-electron chi connectivity index (χ4n) is 1.88. The van der Waals surface area contributed by atoms with Crippen LogP contribution in [0.1, 0.15) is 13.8 Å². The molecular weight excluding hydrogens is 274 g/mol. The van der Waals surface area contributed by atoms with Gasteiger partial charge in [-0.25, -0.2) is 5.84 Å². The average molecular weight is 299 g/mol. The molecular formula is C12H25N7O2. The van der Waals surface area contributed by atoms with Gasteiger partial charge >= 0.3 is 0 Å². The molecule has 4 N–H and O–H groups in total. The smallest absolute Gasteiger partial charge is 0.243 e. The zero-order valence-corrected chi connectivity index (χ0v) is 13.1. The molecule has 0 saturated carbocycles. The van der Waals surface area contributed by atoms with Crippen molar-refractivity contribution in [1.29, 1.82) is 0 Å². The minimum atomic E-state index is -0.622. The molecule has 9 nitrogen and oxygen atoms in total. The Morgan fingerprint density at radius 3 is 2.38 bits per heavy atom. The van der Waals surface area contributed by atoms with E-state index < -0.39 is 6.10 Å². The number of likely N-dealkylation sites (N-methyl/N-ethyl adjacent to an activating group) is 1. The normalized spacial score (nSPS) is 12.1. The number of hydrazine groups is 1. The first-order valence-corrected chi connectivity index (χ1v) is 6.91. The summed E-state index contributed by atoms with van der Waals surface area (Å²) in [5, 5.41) is 9.79. The quantitative estimate of drug-likeness (QED) is 0.408. The molecule has 1 heterocycles. The molecule has 1 unspecified atom stereocenters. The lowest BCUT2D eigenvalue weighted by Gasteiger charge is -2.23. The topological polar surface area (TPSA) is 113 Å². The predicted molar refractivity (Wildman–Crippen MR) is 82.4 cm³/mol. The molecule has 1 atom stereocenters. The van der Waals surface area contributed by atoms with Gasteiger partial charge < -0.3 is 19.6 Å². The van der Waals surface area contributed by atoms with Gasteiger partial charge in [-0.2, -0.15) is 15.0 Å². The summed E-state index contributed by atoms with van der Waals surface area (Å²) in [6.07, 6.45) is -0.622. The summed E-state index contributed by atoms with van der Waals surface area (Å²) in [5.41, 5.74) is 2.44. The first kappa shape index (κ1) is 17.3. The highest BCUT2D eigenvalue weighted by Crippen LogP contribution is 2.15. The van der Waals surface area contributed by atoms with E-state index in [1.165, 1.54) is 0 Å². The molecule has 0 amide bonds. The summed E-state index contributed by atoms with van der Waals surface area (Å²) < 4.78 is 4.91. The third-order valence-corrected chi connectivity index (χ3v) is 2.97. The highest BCUT2D eigenvalue weighted by atomic mass is 16.5. The minimum absolute atomic E-state index is 0.250. The Labute approximate surface area is 125 Å². The van der Waals surface area contributed by atoms with Crippen LogP contribution >= 0.6 is 0 Å². The first-order chi connectivity index (χ1) is 10.0. The number of nitrogen functional groups attached to an aromatic ring is 1. The number of nitrogens with one attached hydrogen (secondary N) is 1. The molecule has 0 aliphatic rings. The SMILES string of the molecule is CCN(CC)c1nc(NN)nc(N(C)CC(O)COC)n1. The van der Waals surface area contributed by atoms with E-state index in [2.05, 4.69) is 20.4 Å². The Hall–Kier alpha value is -1.71. The second-order valence-corrected chi connectivity index (χ2v) is 4.57. The highest BCUT2D eigenvalue weighted by molar-refractivity contribution is 5.44. The molecule has 21 heavy (non-hydrogen) atoms. The van der Waals surface area contributed by atoms with Crippen molar-refractivity contribution < 1.29 is 9.84 Å². The van der Waals surface area contributed by atoms with E-state index in [0.717, 1.165) is 13.1 Å². The Bertz CT molecular complexity index is 428. The monoisotopic (exact) mass is 299 g/mol. The van der Waals surface area contributed by atoms with E-state index in [1.54, 1.807) is 19.1 Å². The van der Waals surface area contributed by atoms with Gasteiger partial charge in [0.1, 0.15) is 0 Å². The van der Waals surface area contributed by atoms with E-state index in [1.807, 2.05) is 18.7 Å². The van der Waals surface area contributed by atoms with E-state index in [-0.39, 0.29) is 12.6 Å². The van der Waals surface area contributed by atoms with Crippen LogP contribution in [0.2, 0.25) is 0 Å². The third kappa shape index (κ3) is 4.96. The number of rotatable bonds is 9. The Morgan fingerprint density at radius 2 is 1.86 bits per heavy atom. The fourth-order valence-corrected chi connectivity index (χ4v) is 1.88. The van der Waals surface area contributed by atoms with Crippen LogP contribution < -0.4 is 21.1 Å². The van der Waals surface area contributed by atoms with Crippen LogP contribution in [-0.2, 0) is 4.74 Å². The molecule has 9 heteroatoms. The number of aliphatic hydroxyl groups is 1. The van der Waals surface area contributed by atoms with Crippen molar-refractivity contribution in [3.63, 3.8) is 0 Å². The summed E-state index contributed by atoms with van der Waals surface area (Å²) in [6.45, 7) is 6.20. The number of hydrogen-bond acceptors (Lipinski definition) is 9. The van der Waals surface area contributed by atoms with E-state index in [0.29, 0.717) is 18.4 Å². The number of methoxy groups -OCH3 is 1. The van der Waals surface area contributed by atoms with Crippen molar-refractivity contribution in [2.24, 2.45) is 5.84 Å². The third-order valence-electron chi connectivity index (χ3n) is 2.97. The molecule has 1 rings (SSSR count). The van der Waals surface area contributed by atoms with E-state index >= 15 is 0 Å². The zero-order chi connectivity index (χ0) is 15.8. The van der Waals surface area contributed by atoms with Crippen molar-refractivity contribution in [1.82, 2.24) is 15.0 Å². The first-order valence-electron chi connectivity index (χ1n) is 6.91. The van der Waals surface area contributed by atoms with E-state index in [9.17, 15) is 5.11 Å². The summed E-state index contributed by atoms with van der Waals surface area (Å²) >= 11 is 0. The van der Waals surface area contributed by atoms with Crippen molar-refractivity contribution >= 4 is 17.8 Å². The van der Waals surface area contributed by atoms with Gasteiger partial charge in [0.2, 0.25) is 17.8 Å². The zero-order valence-electron chi connectivity index (χ0n) is 13.1. The van der Waals surface area contributed by atoms with Crippen molar-refractivity contribution in [2.45, 2.75) is 20.0 Å². The van der Waals surface area contributed by atoms with Crippen LogP contribution in [0.3, 0.4) is 0 Å². The molecule has 0 fully saturated rings. The van der Waals surface area contributed by atoms with Gasteiger partial charge in [0.05, 0.1) is 12.7 Å². The number of hydrogen-bond donors (Lipinski definition) is 3. The predicted octanol–water partition coefficient (Wildman–Crippen LogP) is -0.553. The molecule has 0 bridgehead atoms. The van der Waals surface area contributed by atoms with Crippen LogP contribution in [0.15, 0.2) is 0 Å².